The van der Waals surface area contributed by atoms with Gasteiger partial charge in [-0.2, -0.15) is 33.6 Å². The van der Waals surface area contributed by atoms with Crippen LogP contribution in [-0.4, -0.2) is 53.3 Å². The van der Waals surface area contributed by atoms with Crippen LogP contribution in [0, 0.1) is 17.2 Å². The van der Waals surface area contributed by atoms with E-state index in [9.17, 15) is 18.3 Å². The lowest BCUT2D eigenvalue weighted by Gasteiger charge is -2.30. The van der Waals surface area contributed by atoms with Crippen LogP contribution in [0.3, 0.4) is 0 Å². The smallest absolute Gasteiger partial charge is 0.391 e. The number of aliphatic hydroxyl groups excluding tert-OH is 1. The summed E-state index contributed by atoms with van der Waals surface area (Å²) in [6.07, 6.45) is -1.81. The third-order valence-corrected chi connectivity index (χ3v) is 5.52. The molecule has 1 saturated heterocycles. The molecule has 1 aromatic carbocycles. The Morgan fingerprint density at radius 3 is 2.75 bits per heavy atom. The van der Waals surface area contributed by atoms with Gasteiger partial charge in [0.05, 0.1) is 41.6 Å². The number of nitrogens with one attached hydrogen (secondary N) is 1. The minimum Gasteiger partial charge on any atom is -0.391 e. The molecule has 1 atom stereocenters. The van der Waals surface area contributed by atoms with Crippen LogP contribution in [-0.2, 0) is 6.18 Å². The lowest BCUT2D eigenvalue weighted by molar-refractivity contribution is -0.137. The monoisotopic (exact) mass is 445 g/mol. The molecule has 1 unspecified atom stereocenters. The number of guanidine groups is 1. The van der Waals surface area contributed by atoms with Gasteiger partial charge >= 0.3 is 6.18 Å². The van der Waals surface area contributed by atoms with Crippen molar-refractivity contribution in [1.29, 1.82) is 5.26 Å². The summed E-state index contributed by atoms with van der Waals surface area (Å²) < 4.78 is 39.5. The summed E-state index contributed by atoms with van der Waals surface area (Å²) in [7, 11) is 0. The van der Waals surface area contributed by atoms with Crippen LogP contribution >= 0.6 is 0 Å². The van der Waals surface area contributed by atoms with E-state index >= 15 is 0 Å². The number of nitriles is 1. The minimum absolute atomic E-state index is 0.0670. The van der Waals surface area contributed by atoms with Gasteiger partial charge in [0, 0.05) is 18.7 Å². The molecule has 0 aromatic heterocycles. The molecule has 4 rings (SSSR count). The summed E-state index contributed by atoms with van der Waals surface area (Å²) in [4.78, 5) is 11.0. The molecule has 0 bridgehead atoms. The average Bonchev–Trinajstić information content (AvgIpc) is 3.14. The molecule has 1 saturated carbocycles. The number of halogens is 3. The molecule has 168 valence electrons. The average molecular weight is 445 g/mol. The molecule has 32 heavy (non-hydrogen) atoms. The maximum atomic E-state index is 13.2. The highest BCUT2D eigenvalue weighted by atomic mass is 19.4. The molecule has 2 fully saturated rings. The number of alkyl halides is 3. The summed E-state index contributed by atoms with van der Waals surface area (Å²) >= 11 is 0. The van der Waals surface area contributed by atoms with Crippen molar-refractivity contribution in [3.05, 3.63) is 42.0 Å². The van der Waals surface area contributed by atoms with Crippen LogP contribution in [0.2, 0.25) is 0 Å². The molecule has 0 spiro atoms. The highest BCUT2D eigenvalue weighted by molar-refractivity contribution is 6.18. The molecular weight excluding hydrogens is 423 g/mol. The van der Waals surface area contributed by atoms with Gasteiger partial charge in [-0.05, 0) is 37.5 Å². The molecule has 0 amide bonds. The molecule has 3 aliphatic rings. The number of aliphatic hydroxyl groups is 1. The maximum Gasteiger partial charge on any atom is 0.416 e. The Bertz CT molecular complexity index is 1020. The fourth-order valence-electron chi connectivity index (χ4n) is 3.69. The number of β-amino-alcohol motifs (C(OH)–C–C–N with tert-alkyl or cyclic N) is 1. The van der Waals surface area contributed by atoms with Crippen molar-refractivity contribution < 1.29 is 18.3 Å². The topological polar surface area (TPSA) is 99.6 Å². The second-order valence-corrected chi connectivity index (χ2v) is 7.97. The normalized spacial score (nSPS) is 28.3. The van der Waals surface area contributed by atoms with Gasteiger partial charge in [0.25, 0.3) is 0 Å². The van der Waals surface area contributed by atoms with Crippen LogP contribution < -0.4 is 10.5 Å². The SMILES string of the molecule is C=C1/C=N\N(c2cccc(C(F)(F)F)c2)NC(=NC2CC(C#N)C2)N=C1N1CCC(O)C1. The number of hydrogen-bond donors (Lipinski definition) is 2. The molecule has 0 radical (unpaired) electrons. The van der Waals surface area contributed by atoms with E-state index in [4.69, 9.17) is 5.26 Å². The van der Waals surface area contributed by atoms with Crippen LogP contribution in [0.5, 0.6) is 0 Å². The van der Waals surface area contributed by atoms with Crippen molar-refractivity contribution in [2.75, 3.05) is 18.2 Å². The van der Waals surface area contributed by atoms with Gasteiger partial charge in [-0.25, -0.2) is 10.4 Å². The fraction of sp³-hybridized carbons (Fsp3) is 0.429. The van der Waals surface area contributed by atoms with Gasteiger partial charge < -0.3 is 10.0 Å². The van der Waals surface area contributed by atoms with Crippen molar-refractivity contribution in [2.45, 2.75) is 37.6 Å². The minimum atomic E-state index is -4.50. The first-order valence-electron chi connectivity index (χ1n) is 10.2. The van der Waals surface area contributed by atoms with Crippen molar-refractivity contribution in [3.63, 3.8) is 0 Å². The molecular formula is C21H22F3N7O. The van der Waals surface area contributed by atoms with Gasteiger partial charge in [0.2, 0.25) is 5.96 Å². The summed E-state index contributed by atoms with van der Waals surface area (Å²) in [5.74, 6) is 0.567. The first kappa shape index (κ1) is 21.8. The van der Waals surface area contributed by atoms with Crippen molar-refractivity contribution in [2.24, 2.45) is 21.0 Å². The quantitative estimate of drug-likeness (QED) is 0.729. The number of nitrogens with zero attached hydrogens (tertiary/aromatic N) is 6. The Morgan fingerprint density at radius 1 is 1.31 bits per heavy atom. The second-order valence-electron chi connectivity index (χ2n) is 7.97. The Morgan fingerprint density at radius 2 is 2.09 bits per heavy atom. The van der Waals surface area contributed by atoms with E-state index < -0.39 is 17.8 Å². The third-order valence-electron chi connectivity index (χ3n) is 5.52. The summed E-state index contributed by atoms with van der Waals surface area (Å²) in [5.41, 5.74) is 2.66. The second kappa shape index (κ2) is 8.63. The molecule has 2 aliphatic heterocycles. The Kier molecular flexibility index (Phi) is 5.88. The number of likely N-dealkylation sites (tertiary alicyclic amines) is 1. The van der Waals surface area contributed by atoms with E-state index in [-0.39, 0.29) is 23.6 Å². The van der Waals surface area contributed by atoms with Gasteiger partial charge in [0.15, 0.2) is 0 Å². The van der Waals surface area contributed by atoms with E-state index in [1.54, 1.807) is 0 Å². The largest absolute Gasteiger partial charge is 0.416 e. The summed E-state index contributed by atoms with van der Waals surface area (Å²) in [6.45, 7) is 4.95. The van der Waals surface area contributed by atoms with Crippen molar-refractivity contribution in [3.8, 4) is 6.07 Å². The zero-order valence-electron chi connectivity index (χ0n) is 17.1. The van der Waals surface area contributed by atoms with E-state index in [1.165, 1.54) is 23.5 Å². The van der Waals surface area contributed by atoms with Gasteiger partial charge in [0.1, 0.15) is 5.84 Å². The first-order valence-corrected chi connectivity index (χ1v) is 10.2. The Hall–Kier alpha value is -3.39. The predicted octanol–water partition coefficient (Wildman–Crippen LogP) is 2.70. The predicted molar refractivity (Wildman–Crippen MR) is 114 cm³/mol. The van der Waals surface area contributed by atoms with Crippen molar-refractivity contribution >= 4 is 23.7 Å². The number of hydrazine groups is 1. The first-order chi connectivity index (χ1) is 15.2. The zero-order valence-corrected chi connectivity index (χ0v) is 17.1. The number of rotatable bonds is 2. The molecule has 1 aromatic rings. The van der Waals surface area contributed by atoms with Crippen molar-refractivity contribution in [1.82, 2.24) is 10.3 Å². The standard InChI is InChI=1S/C21H22F3N7O/c1-13-11-26-31(17-4-2-3-15(9-17)21(22,23)24)29-20(27-16-7-14(8-16)10-25)28-19(13)30-6-5-18(32)12-30/h2-4,9,11,14,16,18,32H,1,5-8,12H2,(H,27,29)/b26-11-,28-19?. The lowest BCUT2D eigenvalue weighted by Crippen LogP contribution is -2.43. The van der Waals surface area contributed by atoms with E-state index in [2.05, 4.69) is 33.2 Å². The van der Waals surface area contributed by atoms with E-state index in [0.29, 0.717) is 43.8 Å². The molecule has 11 heteroatoms. The third kappa shape index (κ3) is 4.75. The molecule has 8 nitrogen and oxygen atoms in total. The van der Waals surface area contributed by atoms with Crippen LogP contribution in [0.15, 0.2) is 51.5 Å². The maximum absolute atomic E-state index is 13.2. The Balaban J connectivity index is 1.66. The number of hydrazone groups is 1. The molecule has 1 aliphatic carbocycles. The molecule has 2 heterocycles. The number of hydrogen-bond acceptors (Lipinski definition) is 6. The zero-order chi connectivity index (χ0) is 22.9. The van der Waals surface area contributed by atoms with Crippen LogP contribution in [0.4, 0.5) is 18.9 Å². The van der Waals surface area contributed by atoms with Crippen LogP contribution in [0.25, 0.3) is 0 Å². The van der Waals surface area contributed by atoms with Crippen LogP contribution in [0.1, 0.15) is 24.8 Å². The van der Waals surface area contributed by atoms with Gasteiger partial charge in [-0.3, -0.25) is 0 Å². The number of benzene rings is 1. The fourth-order valence-corrected chi connectivity index (χ4v) is 3.69. The highest BCUT2D eigenvalue weighted by Crippen LogP contribution is 2.32. The Labute approximate surface area is 183 Å². The summed E-state index contributed by atoms with van der Waals surface area (Å²) in [5, 5.41) is 24.3. The van der Waals surface area contributed by atoms with Gasteiger partial charge in [-0.1, -0.05) is 12.6 Å². The number of aliphatic imine (C=N–C) groups is 2. The van der Waals surface area contributed by atoms with Gasteiger partial charge in [-0.15, -0.1) is 0 Å². The summed E-state index contributed by atoms with van der Waals surface area (Å²) in [6, 6.07) is 6.80. The van der Waals surface area contributed by atoms with E-state index in [0.717, 1.165) is 12.1 Å². The number of anilines is 1. The molecule has 2 N–H and O–H groups in total. The van der Waals surface area contributed by atoms with E-state index in [1.807, 2.05) is 4.90 Å². The lowest BCUT2D eigenvalue weighted by atomic mass is 9.82. The highest BCUT2D eigenvalue weighted by Gasteiger charge is 2.32. The number of amidine groups is 1.